The van der Waals surface area contributed by atoms with Gasteiger partial charge in [-0.3, -0.25) is 9.79 Å². The number of aliphatic hydroxyl groups excluding tert-OH is 1. The molecular formula is C22H23ClN4O4. The molecule has 0 bridgehead atoms. The zero-order valence-electron chi connectivity index (χ0n) is 17.4. The zero-order chi connectivity index (χ0) is 22.2. The Bertz CT molecular complexity index is 1100. The van der Waals surface area contributed by atoms with E-state index in [1.54, 1.807) is 44.4 Å². The number of aliphatic hydroxyl groups is 1. The number of imidazole rings is 1. The Balaban J connectivity index is 1.92. The number of benzene rings is 2. The number of ketones is 1. The number of alkyl halides is 1. The second-order valence-electron chi connectivity index (χ2n) is 7.25. The highest BCUT2D eigenvalue weighted by Gasteiger charge is 2.58. The first-order valence-corrected chi connectivity index (χ1v) is 10.2. The molecule has 0 spiro atoms. The van der Waals surface area contributed by atoms with Crippen molar-refractivity contribution in [1.29, 1.82) is 0 Å². The Morgan fingerprint density at radius 1 is 1.23 bits per heavy atom. The van der Waals surface area contributed by atoms with Crippen molar-refractivity contribution in [3.05, 3.63) is 48.3 Å². The van der Waals surface area contributed by atoms with Crippen LogP contribution in [0, 0.1) is 0 Å². The third-order valence-corrected chi connectivity index (χ3v) is 6.07. The van der Waals surface area contributed by atoms with Crippen molar-refractivity contribution in [2.24, 2.45) is 4.99 Å². The molecule has 2 unspecified atom stereocenters. The number of rotatable bonds is 6. The fraction of sp³-hybridized carbons (Fsp3) is 0.318. The van der Waals surface area contributed by atoms with E-state index in [1.165, 1.54) is 0 Å². The van der Waals surface area contributed by atoms with Crippen LogP contribution in [-0.4, -0.2) is 66.0 Å². The van der Waals surface area contributed by atoms with Crippen LogP contribution in [0.15, 0.2) is 47.5 Å². The molecule has 0 radical (unpaired) electrons. The molecule has 4 rings (SSSR count). The number of Topliss-reactive ketones (excluding diaryl/α,β-unsaturated/α-hetero) is 1. The number of ether oxygens (including phenoxy) is 2. The number of para-hydroxylation sites is 2. The maximum Gasteiger partial charge on any atom is 0.180 e. The van der Waals surface area contributed by atoms with E-state index in [0.29, 0.717) is 28.8 Å². The maximum absolute atomic E-state index is 13.7. The summed E-state index contributed by atoms with van der Waals surface area (Å²) in [5, 5.41) is 10.4. The number of nitrogens with one attached hydrogen (secondary N) is 1. The largest absolute Gasteiger partial charge is 0.497 e. The van der Waals surface area contributed by atoms with Crippen molar-refractivity contribution in [2.75, 3.05) is 38.7 Å². The lowest BCUT2D eigenvalue weighted by Crippen LogP contribution is -2.54. The van der Waals surface area contributed by atoms with Gasteiger partial charge in [-0.1, -0.05) is 12.1 Å². The summed E-state index contributed by atoms with van der Waals surface area (Å²) in [5.74, 6) is 0.697. The average Bonchev–Trinajstić information content (AvgIpc) is 3.34. The Kier molecular flexibility index (Phi) is 5.60. The van der Waals surface area contributed by atoms with Gasteiger partial charge in [0.05, 0.1) is 43.4 Å². The fourth-order valence-electron chi connectivity index (χ4n) is 4.05. The third-order valence-electron chi connectivity index (χ3n) is 5.62. The first-order chi connectivity index (χ1) is 15.0. The predicted molar refractivity (Wildman–Crippen MR) is 120 cm³/mol. The molecule has 0 saturated carbocycles. The molecule has 162 valence electrons. The molecule has 1 aliphatic rings. The van der Waals surface area contributed by atoms with E-state index >= 15 is 0 Å². The minimum atomic E-state index is -1.42. The summed E-state index contributed by atoms with van der Waals surface area (Å²) in [6.07, 6.45) is 0. The summed E-state index contributed by atoms with van der Waals surface area (Å²) in [6, 6.07) is 12.7. The lowest BCUT2D eigenvalue weighted by atomic mass is 9.92. The van der Waals surface area contributed by atoms with Gasteiger partial charge in [0.1, 0.15) is 34.6 Å². The summed E-state index contributed by atoms with van der Waals surface area (Å²) < 4.78 is 10.8. The van der Waals surface area contributed by atoms with Gasteiger partial charge < -0.3 is 24.5 Å². The van der Waals surface area contributed by atoms with Gasteiger partial charge in [-0.05, 0) is 12.1 Å². The number of H-pyrrole nitrogens is 1. The second kappa shape index (κ2) is 8.20. The molecule has 1 aliphatic heterocycles. The van der Waals surface area contributed by atoms with Crippen LogP contribution in [0.3, 0.4) is 0 Å². The molecule has 1 aromatic heterocycles. The van der Waals surface area contributed by atoms with Crippen LogP contribution in [0.25, 0.3) is 11.0 Å². The molecular weight excluding hydrogens is 420 g/mol. The summed E-state index contributed by atoms with van der Waals surface area (Å²) in [4.78, 5) is 27.7. The second-order valence-corrected chi connectivity index (χ2v) is 7.52. The molecule has 0 amide bonds. The number of aromatic nitrogens is 2. The number of aromatic amines is 1. The normalized spacial score (nSPS) is 22.5. The number of nitrogens with zero attached hydrogens (tertiary/aromatic N) is 3. The Hall–Kier alpha value is -3.10. The highest BCUT2D eigenvalue weighted by molar-refractivity contribution is 6.31. The van der Waals surface area contributed by atoms with Gasteiger partial charge >= 0.3 is 0 Å². The Morgan fingerprint density at radius 2 is 1.90 bits per heavy atom. The number of anilines is 1. The van der Waals surface area contributed by atoms with Gasteiger partial charge in [-0.15, -0.1) is 11.6 Å². The molecule has 31 heavy (non-hydrogen) atoms. The van der Waals surface area contributed by atoms with Gasteiger partial charge in [0.25, 0.3) is 0 Å². The fourth-order valence-corrected chi connectivity index (χ4v) is 4.38. The van der Waals surface area contributed by atoms with Crippen LogP contribution in [-0.2, 0) is 4.79 Å². The van der Waals surface area contributed by atoms with Crippen LogP contribution in [0.4, 0.5) is 5.69 Å². The molecule has 8 nitrogen and oxygen atoms in total. The number of carbonyl (C=O) groups excluding carboxylic acids is 1. The SMILES string of the molecule is CN=C1C(c2nc3ccccc3[nH]2)C(=O)C(CO)(CCl)N1c1cc(OC)cc(OC)c1. The Morgan fingerprint density at radius 3 is 2.45 bits per heavy atom. The average molecular weight is 443 g/mol. The van der Waals surface area contributed by atoms with Crippen molar-refractivity contribution in [3.8, 4) is 11.5 Å². The molecule has 1 fully saturated rings. The Labute approximate surface area is 184 Å². The number of methoxy groups -OCH3 is 2. The number of hydrogen-bond donors (Lipinski definition) is 2. The molecule has 9 heteroatoms. The number of carbonyl (C=O) groups is 1. The summed E-state index contributed by atoms with van der Waals surface area (Å²) >= 11 is 6.33. The monoisotopic (exact) mass is 442 g/mol. The standard InChI is InChI=1S/C22H23ClN4O4/c1-24-21-18(20-25-16-6-4-5-7-17(16)26-20)19(29)22(11-23,12-28)27(21)13-8-14(30-2)10-15(9-13)31-3/h4-10,18,28H,11-12H2,1-3H3,(H,25,26). The van der Waals surface area contributed by atoms with Gasteiger partial charge in [-0.2, -0.15) is 0 Å². The minimum Gasteiger partial charge on any atom is -0.497 e. The maximum atomic E-state index is 13.7. The molecule has 3 aromatic rings. The number of hydrogen-bond acceptors (Lipinski definition) is 6. The molecule has 0 aliphatic carbocycles. The topological polar surface area (TPSA) is 100 Å². The molecule has 1 saturated heterocycles. The minimum absolute atomic E-state index is 0.141. The molecule has 2 aromatic carbocycles. The van der Waals surface area contributed by atoms with Crippen molar-refractivity contribution in [2.45, 2.75) is 11.5 Å². The van der Waals surface area contributed by atoms with Gasteiger partial charge in [0.15, 0.2) is 5.78 Å². The van der Waals surface area contributed by atoms with E-state index in [9.17, 15) is 9.90 Å². The van der Waals surface area contributed by atoms with E-state index in [0.717, 1.165) is 11.0 Å². The molecule has 2 N–H and O–H groups in total. The van der Waals surface area contributed by atoms with Crippen molar-refractivity contribution >= 4 is 39.9 Å². The summed E-state index contributed by atoms with van der Waals surface area (Å²) in [5.41, 5.74) is 0.696. The lowest BCUT2D eigenvalue weighted by Gasteiger charge is -2.35. The van der Waals surface area contributed by atoms with Crippen LogP contribution in [0.2, 0.25) is 0 Å². The highest BCUT2D eigenvalue weighted by atomic mass is 35.5. The summed E-state index contributed by atoms with van der Waals surface area (Å²) in [7, 11) is 4.69. The van der Waals surface area contributed by atoms with Crippen LogP contribution < -0.4 is 14.4 Å². The van der Waals surface area contributed by atoms with Crippen molar-refractivity contribution < 1.29 is 19.4 Å². The van der Waals surface area contributed by atoms with Gasteiger partial charge in [0.2, 0.25) is 0 Å². The van der Waals surface area contributed by atoms with Crippen molar-refractivity contribution in [3.63, 3.8) is 0 Å². The molecule has 2 atom stereocenters. The van der Waals surface area contributed by atoms with E-state index in [4.69, 9.17) is 21.1 Å². The van der Waals surface area contributed by atoms with Gasteiger partial charge in [0, 0.05) is 25.2 Å². The number of aliphatic imine (C=N–C) groups is 1. The third kappa shape index (κ3) is 3.23. The van der Waals surface area contributed by atoms with E-state index in [1.807, 2.05) is 24.3 Å². The van der Waals surface area contributed by atoms with Crippen molar-refractivity contribution in [1.82, 2.24) is 9.97 Å². The lowest BCUT2D eigenvalue weighted by molar-refractivity contribution is -0.123. The number of halogens is 1. The number of fused-ring (bicyclic) bond motifs is 1. The summed E-state index contributed by atoms with van der Waals surface area (Å²) in [6.45, 7) is -0.495. The van der Waals surface area contributed by atoms with E-state index < -0.39 is 18.1 Å². The first-order valence-electron chi connectivity index (χ1n) is 9.68. The first kappa shape index (κ1) is 21.1. The smallest absolute Gasteiger partial charge is 0.180 e. The van der Waals surface area contributed by atoms with Crippen LogP contribution in [0.1, 0.15) is 11.7 Å². The quantitative estimate of drug-likeness (QED) is 0.569. The van der Waals surface area contributed by atoms with E-state index in [-0.39, 0.29) is 11.7 Å². The molecule has 2 heterocycles. The van der Waals surface area contributed by atoms with Crippen LogP contribution >= 0.6 is 11.6 Å². The predicted octanol–water partition coefficient (Wildman–Crippen LogP) is 2.75. The zero-order valence-corrected chi connectivity index (χ0v) is 18.2. The highest BCUT2D eigenvalue weighted by Crippen LogP contribution is 2.43. The number of amidine groups is 1. The van der Waals surface area contributed by atoms with Gasteiger partial charge in [-0.25, -0.2) is 4.98 Å². The van der Waals surface area contributed by atoms with Crippen LogP contribution in [0.5, 0.6) is 11.5 Å². The van der Waals surface area contributed by atoms with E-state index in [2.05, 4.69) is 15.0 Å².